The Hall–Kier alpha value is -3.26. The number of benzene rings is 1. The van der Waals surface area contributed by atoms with Gasteiger partial charge in [-0.1, -0.05) is 23.7 Å². The number of carbonyl (C=O) groups is 2. The van der Waals surface area contributed by atoms with Gasteiger partial charge < -0.3 is 19.2 Å². The molecule has 0 radical (unpaired) electrons. The summed E-state index contributed by atoms with van der Waals surface area (Å²) >= 11 is 6.03. The first-order valence-electron chi connectivity index (χ1n) is 7.87. The van der Waals surface area contributed by atoms with Gasteiger partial charge in [-0.2, -0.15) is 5.10 Å². The molecule has 0 spiro atoms. The molecule has 0 bridgehead atoms. The molecule has 27 heavy (non-hydrogen) atoms. The zero-order valence-corrected chi connectivity index (χ0v) is 15.3. The summed E-state index contributed by atoms with van der Waals surface area (Å²) < 4.78 is 17.1. The number of para-hydroxylation sites is 1. The molecule has 3 rings (SSSR count). The fourth-order valence-electron chi connectivity index (χ4n) is 2.34. The van der Waals surface area contributed by atoms with E-state index in [-0.39, 0.29) is 23.7 Å². The number of nitrogens with zero attached hydrogens (tertiary/aromatic N) is 2. The van der Waals surface area contributed by atoms with Gasteiger partial charge in [-0.3, -0.25) is 9.48 Å². The van der Waals surface area contributed by atoms with Crippen LogP contribution in [0, 0.1) is 0 Å². The normalized spacial score (nSPS) is 10.5. The molecular formula is C18H16ClN3O5. The van der Waals surface area contributed by atoms with Crippen molar-refractivity contribution in [3.8, 4) is 5.75 Å². The van der Waals surface area contributed by atoms with Crippen molar-refractivity contribution in [3.05, 3.63) is 64.8 Å². The van der Waals surface area contributed by atoms with E-state index in [4.69, 9.17) is 20.8 Å². The van der Waals surface area contributed by atoms with E-state index in [1.165, 1.54) is 24.1 Å². The van der Waals surface area contributed by atoms with E-state index in [1.807, 2.05) is 0 Å². The third kappa shape index (κ3) is 4.12. The van der Waals surface area contributed by atoms with Crippen molar-refractivity contribution < 1.29 is 23.5 Å². The van der Waals surface area contributed by atoms with Crippen LogP contribution in [0.15, 0.2) is 47.0 Å². The summed E-state index contributed by atoms with van der Waals surface area (Å²) in [5.74, 6) is -0.123. The van der Waals surface area contributed by atoms with Crippen LogP contribution in [-0.4, -0.2) is 28.8 Å². The van der Waals surface area contributed by atoms with Crippen LogP contribution < -0.4 is 10.1 Å². The van der Waals surface area contributed by atoms with E-state index in [0.29, 0.717) is 16.5 Å². The van der Waals surface area contributed by atoms with Gasteiger partial charge in [0.1, 0.15) is 18.1 Å². The molecule has 0 saturated heterocycles. The van der Waals surface area contributed by atoms with Gasteiger partial charge in [0.15, 0.2) is 11.5 Å². The van der Waals surface area contributed by atoms with E-state index >= 15 is 0 Å². The molecule has 1 amide bonds. The average molecular weight is 390 g/mol. The Balaban J connectivity index is 1.67. The molecule has 0 fully saturated rings. The zero-order valence-electron chi connectivity index (χ0n) is 14.6. The number of hydrogen-bond donors (Lipinski definition) is 1. The fraction of sp³-hybridized carbons (Fsp3) is 0.167. The zero-order chi connectivity index (χ0) is 19.4. The van der Waals surface area contributed by atoms with Gasteiger partial charge in [0.05, 0.1) is 24.0 Å². The molecular weight excluding hydrogens is 374 g/mol. The van der Waals surface area contributed by atoms with E-state index < -0.39 is 11.9 Å². The number of aromatic nitrogens is 2. The number of methoxy groups -OCH3 is 1. The van der Waals surface area contributed by atoms with Crippen molar-refractivity contribution in [2.45, 2.75) is 6.61 Å². The first-order valence-corrected chi connectivity index (χ1v) is 8.25. The third-order valence-corrected chi connectivity index (χ3v) is 3.97. The maximum Gasteiger partial charge on any atom is 0.358 e. The monoisotopic (exact) mass is 389 g/mol. The Kier molecular flexibility index (Phi) is 5.46. The van der Waals surface area contributed by atoms with Crippen molar-refractivity contribution in [3.63, 3.8) is 0 Å². The molecule has 0 aliphatic heterocycles. The number of ether oxygens (including phenoxy) is 2. The van der Waals surface area contributed by atoms with Crippen LogP contribution in [0.1, 0.15) is 26.8 Å². The number of nitrogens with one attached hydrogen (secondary N) is 1. The van der Waals surface area contributed by atoms with Crippen LogP contribution in [0.5, 0.6) is 5.75 Å². The van der Waals surface area contributed by atoms with Crippen molar-refractivity contribution in [1.29, 1.82) is 0 Å². The van der Waals surface area contributed by atoms with Gasteiger partial charge >= 0.3 is 5.97 Å². The third-order valence-electron chi connectivity index (χ3n) is 3.66. The lowest BCUT2D eigenvalue weighted by Gasteiger charge is -2.06. The van der Waals surface area contributed by atoms with Gasteiger partial charge in [-0.15, -0.1) is 0 Å². The second-order valence-electron chi connectivity index (χ2n) is 5.46. The topological polar surface area (TPSA) is 95.6 Å². The minimum absolute atomic E-state index is 0.0624. The smallest absolute Gasteiger partial charge is 0.358 e. The lowest BCUT2D eigenvalue weighted by molar-refractivity contribution is 0.0589. The summed E-state index contributed by atoms with van der Waals surface area (Å²) in [6.45, 7) is 0.108. The largest absolute Gasteiger partial charge is 0.484 e. The Morgan fingerprint density at radius 3 is 2.78 bits per heavy atom. The molecule has 8 nitrogen and oxygen atoms in total. The van der Waals surface area contributed by atoms with Crippen LogP contribution in [0.3, 0.4) is 0 Å². The van der Waals surface area contributed by atoms with Crippen LogP contribution in [-0.2, 0) is 18.4 Å². The minimum Gasteiger partial charge on any atom is -0.484 e. The van der Waals surface area contributed by atoms with E-state index in [1.54, 1.807) is 37.4 Å². The predicted molar refractivity (Wildman–Crippen MR) is 97.0 cm³/mol. The highest BCUT2D eigenvalue weighted by atomic mass is 35.5. The maximum atomic E-state index is 12.4. The number of rotatable bonds is 6. The highest BCUT2D eigenvalue weighted by Crippen LogP contribution is 2.24. The average Bonchev–Trinajstić information content (AvgIpc) is 3.27. The van der Waals surface area contributed by atoms with Crippen molar-refractivity contribution in [2.24, 2.45) is 7.05 Å². The number of aryl methyl sites for hydroxylation is 1. The van der Waals surface area contributed by atoms with Gasteiger partial charge in [-0.05, 0) is 24.3 Å². The van der Waals surface area contributed by atoms with Crippen LogP contribution in [0.2, 0.25) is 5.02 Å². The first kappa shape index (κ1) is 18.5. The maximum absolute atomic E-state index is 12.4. The molecule has 0 atom stereocenters. The Morgan fingerprint density at radius 2 is 2.04 bits per heavy atom. The Labute approximate surface area is 159 Å². The molecule has 9 heteroatoms. The Bertz CT molecular complexity index is 979. The lowest BCUT2D eigenvalue weighted by Crippen LogP contribution is -2.16. The molecule has 0 aliphatic rings. The first-order chi connectivity index (χ1) is 13.0. The number of amides is 1. The summed E-state index contributed by atoms with van der Waals surface area (Å²) in [5.41, 5.74) is 0.347. The lowest BCUT2D eigenvalue weighted by atomic mass is 10.3. The number of anilines is 1. The van der Waals surface area contributed by atoms with Crippen LogP contribution in [0.25, 0.3) is 0 Å². The van der Waals surface area contributed by atoms with Crippen molar-refractivity contribution >= 4 is 29.2 Å². The molecule has 2 heterocycles. The molecule has 0 saturated carbocycles. The van der Waals surface area contributed by atoms with Gasteiger partial charge in [0.25, 0.3) is 5.91 Å². The van der Waals surface area contributed by atoms with E-state index in [2.05, 4.69) is 15.2 Å². The number of furan rings is 1. The number of esters is 1. The molecule has 3 aromatic rings. The quantitative estimate of drug-likeness (QED) is 0.650. The number of halogens is 1. The van der Waals surface area contributed by atoms with Gasteiger partial charge in [0.2, 0.25) is 0 Å². The molecule has 1 aromatic carbocycles. The van der Waals surface area contributed by atoms with Crippen molar-refractivity contribution in [1.82, 2.24) is 9.78 Å². The van der Waals surface area contributed by atoms with E-state index in [0.717, 1.165) is 0 Å². The summed E-state index contributed by atoms with van der Waals surface area (Å²) in [7, 11) is 2.82. The van der Waals surface area contributed by atoms with Gasteiger partial charge in [-0.25, -0.2) is 4.79 Å². The molecule has 1 N–H and O–H groups in total. The predicted octanol–water partition coefficient (Wildman–Crippen LogP) is 3.28. The Morgan fingerprint density at radius 1 is 1.26 bits per heavy atom. The second-order valence-corrected chi connectivity index (χ2v) is 5.87. The number of hydrogen-bond acceptors (Lipinski definition) is 6. The molecule has 0 aliphatic carbocycles. The highest BCUT2D eigenvalue weighted by Gasteiger charge is 2.21. The molecule has 2 aromatic heterocycles. The summed E-state index contributed by atoms with van der Waals surface area (Å²) in [6.07, 6.45) is 1.36. The fourth-order valence-corrected chi connectivity index (χ4v) is 2.53. The van der Waals surface area contributed by atoms with Crippen LogP contribution >= 0.6 is 11.6 Å². The minimum atomic E-state index is -0.612. The SMILES string of the molecule is COC(=O)c1c(NC(=O)c2ccc(COc3ccccc3Cl)o2)cnn1C. The standard InChI is InChI=1S/C18H16ClN3O5/c1-22-16(18(24)25-2)13(9-20-22)21-17(23)15-8-7-11(27-15)10-26-14-6-4-3-5-12(14)19/h3-9H,10H2,1-2H3,(H,21,23). The highest BCUT2D eigenvalue weighted by molar-refractivity contribution is 6.32. The number of carbonyl (C=O) groups excluding carboxylic acids is 2. The second kappa shape index (κ2) is 7.96. The van der Waals surface area contributed by atoms with Crippen molar-refractivity contribution in [2.75, 3.05) is 12.4 Å². The van der Waals surface area contributed by atoms with Crippen LogP contribution in [0.4, 0.5) is 5.69 Å². The molecule has 0 unspecified atom stereocenters. The summed E-state index contributed by atoms with van der Waals surface area (Å²) in [4.78, 5) is 24.2. The molecule has 140 valence electrons. The summed E-state index contributed by atoms with van der Waals surface area (Å²) in [5, 5.41) is 7.01. The summed E-state index contributed by atoms with van der Waals surface area (Å²) in [6, 6.07) is 10.2. The van der Waals surface area contributed by atoms with E-state index in [9.17, 15) is 9.59 Å². The van der Waals surface area contributed by atoms with Gasteiger partial charge in [0, 0.05) is 7.05 Å².